The molecule has 3 heterocycles. The molecule has 1 aliphatic heterocycles. The van der Waals surface area contributed by atoms with Crippen LogP contribution in [0.1, 0.15) is 24.3 Å². The van der Waals surface area contributed by atoms with Crippen LogP contribution in [0.25, 0.3) is 5.70 Å². The van der Waals surface area contributed by atoms with E-state index in [-0.39, 0.29) is 28.5 Å². The second-order valence-corrected chi connectivity index (χ2v) is 8.72. The van der Waals surface area contributed by atoms with Crippen molar-refractivity contribution in [3.63, 3.8) is 0 Å². The molecule has 0 spiro atoms. The molecule has 1 saturated heterocycles. The lowest BCUT2D eigenvalue weighted by Gasteiger charge is -2.21. The molecule has 11 nitrogen and oxygen atoms in total. The Kier molecular flexibility index (Phi) is 6.87. The van der Waals surface area contributed by atoms with Crippen molar-refractivity contribution < 1.29 is 14.3 Å². The maximum absolute atomic E-state index is 12.5. The number of hydrogen-bond acceptors (Lipinski definition) is 9. The van der Waals surface area contributed by atoms with Crippen molar-refractivity contribution in [3.8, 4) is 0 Å². The van der Waals surface area contributed by atoms with Crippen LogP contribution >= 0.6 is 11.6 Å². The van der Waals surface area contributed by atoms with Crippen LogP contribution in [0.4, 0.5) is 10.5 Å². The van der Waals surface area contributed by atoms with Crippen LogP contribution < -0.4 is 27.5 Å². The minimum atomic E-state index is -0.781. The second-order valence-electron chi connectivity index (χ2n) is 8.36. The number of halogens is 1. The van der Waals surface area contributed by atoms with Crippen LogP contribution in [0.2, 0.25) is 5.15 Å². The summed E-state index contributed by atoms with van der Waals surface area (Å²) >= 11 is 6.06. The van der Waals surface area contributed by atoms with Crippen molar-refractivity contribution in [2.24, 2.45) is 29.3 Å². The van der Waals surface area contributed by atoms with E-state index in [1.807, 2.05) is 0 Å². The Morgan fingerprint density at radius 1 is 1.26 bits per heavy atom. The quantitative estimate of drug-likeness (QED) is 0.221. The fraction of sp³-hybridized carbons (Fsp3) is 0.364. The molecule has 0 radical (unpaired) electrons. The third-order valence-corrected chi connectivity index (χ3v) is 6.36. The van der Waals surface area contributed by atoms with Crippen LogP contribution in [-0.4, -0.2) is 47.1 Å². The van der Waals surface area contributed by atoms with Gasteiger partial charge in [0.25, 0.3) is 0 Å². The summed E-state index contributed by atoms with van der Waals surface area (Å²) in [5.41, 5.74) is 7.83. The van der Waals surface area contributed by atoms with Gasteiger partial charge in [-0.3, -0.25) is 20.1 Å². The summed E-state index contributed by atoms with van der Waals surface area (Å²) in [5, 5.41) is 10.1. The van der Waals surface area contributed by atoms with Crippen LogP contribution in [0, 0.1) is 17.8 Å². The zero-order valence-corrected chi connectivity index (χ0v) is 19.5. The summed E-state index contributed by atoms with van der Waals surface area (Å²) in [6, 6.07) is 6.74. The van der Waals surface area contributed by atoms with E-state index in [1.165, 1.54) is 13.2 Å². The number of alkyl carbamates (subject to hydrolysis) is 1. The Bertz CT molecular complexity index is 1100. The fourth-order valence-electron chi connectivity index (χ4n) is 4.18. The summed E-state index contributed by atoms with van der Waals surface area (Å²) < 4.78 is 5.39. The number of fused-ring (bicyclic) bond motifs is 1. The molecule has 12 heteroatoms. The van der Waals surface area contributed by atoms with E-state index in [0.717, 1.165) is 18.1 Å². The lowest BCUT2D eigenvalue weighted by atomic mass is 10.2. The highest BCUT2D eigenvalue weighted by molar-refractivity contribution is 6.30. The number of piperidine rings is 1. The first-order valence-corrected chi connectivity index (χ1v) is 11.2. The standard InChI is InChI=1S/C22H27ClN8O3/c1-11(13-4-3-7-27-19(13)23)34-22(33)30-20(31(2)25)18(24)16-6-5-12(8-28-16)29-21(32)17-14-9-26-10-15(14)17/h3-8,11,14-15,17,26H,9-10,24-25H2,1-2H3,(H,29,32)(H,30,33)/b20-18-. The number of rotatable bonds is 7. The predicted octanol–water partition coefficient (Wildman–Crippen LogP) is 1.41. The highest BCUT2D eigenvalue weighted by Crippen LogP contribution is 2.49. The summed E-state index contributed by atoms with van der Waals surface area (Å²) in [6.45, 7) is 3.45. The van der Waals surface area contributed by atoms with Crippen LogP contribution in [0.5, 0.6) is 0 Å². The van der Waals surface area contributed by atoms with Crippen LogP contribution in [-0.2, 0) is 9.53 Å². The summed E-state index contributed by atoms with van der Waals surface area (Å²) in [7, 11) is 1.51. The van der Waals surface area contributed by atoms with Gasteiger partial charge in [0.15, 0.2) is 5.82 Å². The molecular formula is C22H27ClN8O3. The SMILES string of the molecule is CC(OC(=O)N/C(=C(/N)c1ccc(NC(=O)C2C3CNCC32)cn1)N(C)N)c1cccnc1Cl. The van der Waals surface area contributed by atoms with Gasteiger partial charge in [-0.2, -0.15) is 0 Å². The highest BCUT2D eigenvalue weighted by Gasteiger charge is 2.56. The number of carbonyl (C=O) groups excluding carboxylic acids is 2. The van der Waals surface area contributed by atoms with Gasteiger partial charge < -0.3 is 21.1 Å². The number of anilines is 1. The van der Waals surface area contributed by atoms with E-state index in [0.29, 0.717) is 28.8 Å². The summed E-state index contributed by atoms with van der Waals surface area (Å²) in [6.07, 6.45) is 1.61. The van der Waals surface area contributed by atoms with Crippen molar-refractivity contribution in [1.29, 1.82) is 0 Å². The molecule has 1 saturated carbocycles. The molecule has 4 rings (SSSR count). The maximum Gasteiger partial charge on any atom is 0.413 e. The van der Waals surface area contributed by atoms with E-state index in [4.69, 9.17) is 27.9 Å². The molecule has 0 bridgehead atoms. The van der Waals surface area contributed by atoms with E-state index >= 15 is 0 Å². The number of amides is 2. The Balaban J connectivity index is 1.40. The Morgan fingerprint density at radius 3 is 2.62 bits per heavy atom. The zero-order valence-electron chi connectivity index (χ0n) is 18.8. The molecule has 3 unspecified atom stereocenters. The number of hydrogen-bond donors (Lipinski definition) is 5. The van der Waals surface area contributed by atoms with E-state index < -0.39 is 12.2 Å². The number of pyridine rings is 2. The number of nitrogens with zero attached hydrogens (tertiary/aromatic N) is 3. The molecule has 180 valence electrons. The minimum absolute atomic E-state index is 0.00389. The average Bonchev–Trinajstić information content (AvgIpc) is 3.29. The number of hydrazine groups is 1. The second kappa shape index (κ2) is 9.84. The number of nitrogens with two attached hydrogens (primary N) is 2. The highest BCUT2D eigenvalue weighted by atomic mass is 35.5. The van der Waals surface area contributed by atoms with Gasteiger partial charge in [0.2, 0.25) is 5.91 Å². The van der Waals surface area contributed by atoms with Gasteiger partial charge in [0.05, 0.1) is 17.6 Å². The van der Waals surface area contributed by atoms with Crippen molar-refractivity contribution in [1.82, 2.24) is 25.6 Å². The topological polar surface area (TPSA) is 161 Å². The monoisotopic (exact) mass is 486 g/mol. The largest absolute Gasteiger partial charge is 0.441 e. The molecule has 2 aromatic heterocycles. The molecule has 7 N–H and O–H groups in total. The van der Waals surface area contributed by atoms with E-state index in [9.17, 15) is 9.59 Å². The third kappa shape index (κ3) is 5.06. The van der Waals surface area contributed by atoms with Gasteiger partial charge in [-0.1, -0.05) is 17.7 Å². The van der Waals surface area contributed by atoms with Crippen LogP contribution in [0.15, 0.2) is 42.5 Å². The summed E-state index contributed by atoms with van der Waals surface area (Å²) in [4.78, 5) is 33.2. The van der Waals surface area contributed by atoms with E-state index in [2.05, 4.69) is 25.9 Å². The number of aromatic nitrogens is 2. The Hall–Kier alpha value is -3.41. The van der Waals surface area contributed by atoms with Crippen molar-refractivity contribution >= 4 is 35.0 Å². The van der Waals surface area contributed by atoms with Gasteiger partial charge in [-0.15, -0.1) is 0 Å². The van der Waals surface area contributed by atoms with Gasteiger partial charge in [0.1, 0.15) is 17.0 Å². The first kappa shape index (κ1) is 23.7. The summed E-state index contributed by atoms with van der Waals surface area (Å²) in [5.74, 6) is 6.88. The Morgan fingerprint density at radius 2 is 2.00 bits per heavy atom. The molecular weight excluding hydrogens is 460 g/mol. The molecule has 2 fully saturated rings. The van der Waals surface area contributed by atoms with Crippen LogP contribution in [0.3, 0.4) is 0 Å². The van der Waals surface area contributed by atoms with Gasteiger partial charge in [-0.05, 0) is 50.0 Å². The normalized spacial score (nSPS) is 22.2. The molecule has 1 aliphatic carbocycles. The first-order chi connectivity index (χ1) is 16.3. The predicted molar refractivity (Wildman–Crippen MR) is 127 cm³/mol. The molecule has 2 aromatic rings. The molecule has 3 atom stereocenters. The first-order valence-electron chi connectivity index (χ1n) is 10.8. The average molecular weight is 487 g/mol. The van der Waals surface area contributed by atoms with Crippen molar-refractivity contribution in [2.75, 3.05) is 25.5 Å². The zero-order chi connectivity index (χ0) is 24.4. The molecule has 2 aliphatic rings. The van der Waals surface area contributed by atoms with Crippen molar-refractivity contribution in [2.45, 2.75) is 13.0 Å². The Labute approximate surface area is 201 Å². The minimum Gasteiger partial charge on any atom is -0.441 e. The maximum atomic E-state index is 12.5. The molecule has 34 heavy (non-hydrogen) atoms. The fourth-order valence-corrected chi connectivity index (χ4v) is 4.45. The number of ether oxygens (including phenoxy) is 1. The lowest BCUT2D eigenvalue weighted by molar-refractivity contribution is -0.118. The number of nitrogens with one attached hydrogen (secondary N) is 3. The lowest BCUT2D eigenvalue weighted by Crippen LogP contribution is -2.39. The third-order valence-electron chi connectivity index (χ3n) is 6.04. The molecule has 2 amide bonds. The van der Waals surface area contributed by atoms with E-state index in [1.54, 1.807) is 37.4 Å². The van der Waals surface area contributed by atoms with Gasteiger partial charge in [0, 0.05) is 24.7 Å². The number of carbonyl (C=O) groups is 2. The molecule has 0 aromatic carbocycles. The van der Waals surface area contributed by atoms with Gasteiger partial charge in [-0.25, -0.2) is 15.6 Å². The smallest absolute Gasteiger partial charge is 0.413 e. The van der Waals surface area contributed by atoms with Gasteiger partial charge >= 0.3 is 6.09 Å². The van der Waals surface area contributed by atoms with Crippen molar-refractivity contribution in [3.05, 3.63) is 58.9 Å².